The summed E-state index contributed by atoms with van der Waals surface area (Å²) >= 11 is 0. The first-order valence-electron chi connectivity index (χ1n) is 13.8. The van der Waals surface area contributed by atoms with E-state index in [4.69, 9.17) is 9.47 Å². The lowest BCUT2D eigenvalue weighted by Crippen LogP contribution is -2.63. The van der Waals surface area contributed by atoms with Crippen molar-refractivity contribution in [3.63, 3.8) is 0 Å². The van der Waals surface area contributed by atoms with Gasteiger partial charge >= 0.3 is 5.97 Å². The van der Waals surface area contributed by atoms with Crippen LogP contribution in [0.2, 0.25) is 0 Å². The molecule has 194 valence electrons. The van der Waals surface area contributed by atoms with E-state index in [9.17, 15) is 15.0 Å². The summed E-state index contributed by atoms with van der Waals surface area (Å²) in [6.07, 6.45) is 10.2. The zero-order chi connectivity index (χ0) is 25.4. The molecule has 5 heteroatoms. The van der Waals surface area contributed by atoms with Crippen molar-refractivity contribution in [3.05, 3.63) is 23.3 Å². The summed E-state index contributed by atoms with van der Waals surface area (Å²) < 4.78 is 12.7. The molecule has 0 amide bonds. The zero-order valence-corrected chi connectivity index (χ0v) is 22.7. The Morgan fingerprint density at radius 1 is 0.943 bits per heavy atom. The molecular formula is C30H44O5. The van der Waals surface area contributed by atoms with Gasteiger partial charge in [0.15, 0.2) is 5.60 Å². The van der Waals surface area contributed by atoms with Crippen LogP contribution in [0.15, 0.2) is 23.3 Å². The number of ether oxygens (including phenoxy) is 2. The summed E-state index contributed by atoms with van der Waals surface area (Å²) in [6, 6.07) is 0. The number of fused-ring (bicyclic) bond motifs is 3. The fourth-order valence-corrected chi connectivity index (χ4v) is 10.0. The zero-order valence-electron chi connectivity index (χ0n) is 22.7. The van der Waals surface area contributed by atoms with Crippen molar-refractivity contribution in [2.75, 3.05) is 0 Å². The Balaban J connectivity index is 1.46. The van der Waals surface area contributed by atoms with Crippen molar-refractivity contribution in [2.24, 2.45) is 27.6 Å². The Morgan fingerprint density at radius 2 is 1.66 bits per heavy atom. The molecule has 2 saturated heterocycles. The molecule has 0 aromatic rings. The first-order chi connectivity index (χ1) is 16.1. The average Bonchev–Trinajstić information content (AvgIpc) is 3.32. The second-order valence-electron chi connectivity index (χ2n) is 14.5. The number of aliphatic hydroxyl groups excluding tert-OH is 1. The smallest absolute Gasteiger partial charge is 0.320 e. The van der Waals surface area contributed by atoms with E-state index < -0.39 is 22.0 Å². The van der Waals surface area contributed by atoms with Gasteiger partial charge in [0.25, 0.3) is 0 Å². The normalized spacial score (nSPS) is 53.6. The van der Waals surface area contributed by atoms with Gasteiger partial charge in [0.2, 0.25) is 0 Å². The number of hydrogen-bond donors (Lipinski definition) is 2. The van der Waals surface area contributed by atoms with Gasteiger partial charge in [-0.05, 0) is 94.5 Å². The van der Waals surface area contributed by atoms with Crippen LogP contribution >= 0.6 is 0 Å². The highest BCUT2D eigenvalue weighted by Crippen LogP contribution is 2.75. The molecule has 6 aliphatic rings. The fourth-order valence-electron chi connectivity index (χ4n) is 10.0. The third-order valence-electron chi connectivity index (χ3n) is 12.3. The number of aliphatic hydroxyl groups is 2. The third-order valence-corrected chi connectivity index (χ3v) is 12.3. The Labute approximate surface area is 210 Å². The lowest BCUT2D eigenvalue weighted by Gasteiger charge is -2.60. The number of carbonyl (C=O) groups excluding carboxylic acids is 1. The first-order valence-corrected chi connectivity index (χ1v) is 13.8. The molecule has 5 nitrogen and oxygen atoms in total. The molecule has 0 bridgehead atoms. The summed E-state index contributed by atoms with van der Waals surface area (Å²) in [6.45, 7) is 15.1. The maximum atomic E-state index is 14.0. The largest absolute Gasteiger partial charge is 0.453 e. The Hall–Kier alpha value is -1.17. The van der Waals surface area contributed by atoms with Crippen LogP contribution in [0.5, 0.6) is 0 Å². The summed E-state index contributed by atoms with van der Waals surface area (Å²) in [5.74, 6) is 0.0975. The lowest BCUT2D eigenvalue weighted by molar-refractivity contribution is -0.199. The molecule has 2 saturated carbocycles. The number of cyclic esters (lactones) is 1. The Kier molecular flexibility index (Phi) is 4.58. The molecule has 2 N–H and O–H groups in total. The van der Waals surface area contributed by atoms with Crippen molar-refractivity contribution >= 4 is 5.97 Å². The molecule has 2 heterocycles. The van der Waals surface area contributed by atoms with Gasteiger partial charge in [-0.15, -0.1) is 0 Å². The van der Waals surface area contributed by atoms with Crippen molar-refractivity contribution in [2.45, 2.75) is 129 Å². The highest BCUT2D eigenvalue weighted by molar-refractivity contribution is 5.88. The van der Waals surface area contributed by atoms with E-state index in [0.717, 1.165) is 44.9 Å². The van der Waals surface area contributed by atoms with Crippen LogP contribution in [0, 0.1) is 27.6 Å². The van der Waals surface area contributed by atoms with Gasteiger partial charge in [-0.1, -0.05) is 45.4 Å². The Bertz CT molecular complexity index is 1050. The summed E-state index contributed by atoms with van der Waals surface area (Å²) in [4.78, 5) is 14.0. The van der Waals surface area contributed by atoms with Gasteiger partial charge in [0.05, 0.1) is 11.7 Å². The quantitative estimate of drug-likeness (QED) is 0.498. The average molecular weight is 485 g/mol. The molecule has 35 heavy (non-hydrogen) atoms. The predicted octanol–water partition coefficient (Wildman–Crippen LogP) is 5.24. The summed E-state index contributed by atoms with van der Waals surface area (Å²) in [7, 11) is 0. The van der Waals surface area contributed by atoms with E-state index in [1.54, 1.807) is 0 Å². The van der Waals surface area contributed by atoms with E-state index in [2.05, 4.69) is 47.6 Å². The molecule has 8 unspecified atom stereocenters. The van der Waals surface area contributed by atoms with Crippen LogP contribution in [0.25, 0.3) is 0 Å². The second kappa shape index (κ2) is 6.63. The first kappa shape index (κ1) is 24.2. The molecule has 8 atom stereocenters. The van der Waals surface area contributed by atoms with Crippen LogP contribution in [0.4, 0.5) is 0 Å². The van der Waals surface area contributed by atoms with Crippen LogP contribution in [0.3, 0.4) is 0 Å². The van der Waals surface area contributed by atoms with Gasteiger partial charge in [-0.2, -0.15) is 0 Å². The van der Waals surface area contributed by atoms with Gasteiger partial charge in [0.1, 0.15) is 17.1 Å². The van der Waals surface area contributed by atoms with Gasteiger partial charge < -0.3 is 19.7 Å². The van der Waals surface area contributed by atoms with E-state index in [-0.39, 0.29) is 34.6 Å². The molecule has 1 spiro atoms. The molecule has 4 fully saturated rings. The predicted molar refractivity (Wildman–Crippen MR) is 133 cm³/mol. The van der Waals surface area contributed by atoms with Crippen molar-refractivity contribution in [1.29, 1.82) is 0 Å². The number of hydrogen-bond acceptors (Lipinski definition) is 5. The van der Waals surface area contributed by atoms with Crippen molar-refractivity contribution < 1.29 is 24.5 Å². The molecular weight excluding hydrogens is 440 g/mol. The molecule has 0 radical (unpaired) electrons. The topological polar surface area (TPSA) is 76.0 Å². The molecule has 4 aliphatic carbocycles. The van der Waals surface area contributed by atoms with E-state index in [1.807, 2.05) is 13.0 Å². The highest BCUT2D eigenvalue weighted by atomic mass is 16.6. The summed E-state index contributed by atoms with van der Waals surface area (Å²) in [5.41, 5.74) is -1.73. The number of allylic oxidation sites excluding steroid dienone is 3. The molecule has 6 rings (SSSR count). The van der Waals surface area contributed by atoms with Crippen molar-refractivity contribution in [1.82, 2.24) is 0 Å². The monoisotopic (exact) mass is 484 g/mol. The number of carbonyl (C=O) groups is 1. The van der Waals surface area contributed by atoms with E-state index in [0.29, 0.717) is 12.3 Å². The van der Waals surface area contributed by atoms with Crippen LogP contribution in [-0.4, -0.2) is 45.2 Å². The second-order valence-corrected chi connectivity index (χ2v) is 14.5. The fraction of sp³-hybridized carbons (Fsp3) is 0.833. The van der Waals surface area contributed by atoms with Crippen LogP contribution < -0.4 is 0 Å². The maximum absolute atomic E-state index is 14.0. The summed E-state index contributed by atoms with van der Waals surface area (Å²) in [5, 5.41) is 23.4. The molecule has 2 aliphatic heterocycles. The SMILES string of the molecule is CC1(C)CCC(C2(C)OC(=O)C34C=CC5=C(CCC6C5(C)CCC(O)C6(C)C)C3(C)CCC24O)O1. The number of esters is 1. The van der Waals surface area contributed by atoms with E-state index >= 15 is 0 Å². The maximum Gasteiger partial charge on any atom is 0.320 e. The standard InChI is InChI=1S/C30H44O5/c1-24(2)13-12-22(34-24)28(7)30(33)17-16-27(6)19-8-9-20-25(3,4)21(31)11-14-26(20,5)18(19)10-15-29(27,30)23(32)35-28/h10,15,20-22,31,33H,8-9,11-14,16-17H2,1-7H3. The third kappa shape index (κ3) is 2.50. The minimum atomic E-state index is -1.31. The molecule has 0 aromatic heterocycles. The highest BCUT2D eigenvalue weighted by Gasteiger charge is 2.83. The minimum absolute atomic E-state index is 0.0391. The van der Waals surface area contributed by atoms with Gasteiger partial charge in [-0.25, -0.2) is 0 Å². The van der Waals surface area contributed by atoms with Crippen LogP contribution in [-0.2, 0) is 14.3 Å². The van der Waals surface area contributed by atoms with Crippen molar-refractivity contribution in [3.8, 4) is 0 Å². The molecule has 0 aromatic carbocycles. The van der Waals surface area contributed by atoms with Gasteiger partial charge in [-0.3, -0.25) is 4.79 Å². The van der Waals surface area contributed by atoms with Crippen LogP contribution in [0.1, 0.15) is 99.8 Å². The van der Waals surface area contributed by atoms with Gasteiger partial charge in [0, 0.05) is 5.41 Å². The Morgan fingerprint density at radius 3 is 2.31 bits per heavy atom. The number of rotatable bonds is 1. The van der Waals surface area contributed by atoms with E-state index in [1.165, 1.54) is 11.1 Å². The lowest BCUT2D eigenvalue weighted by atomic mass is 9.44. The minimum Gasteiger partial charge on any atom is -0.453 e.